The van der Waals surface area contributed by atoms with Crippen molar-refractivity contribution in [2.24, 2.45) is 0 Å². The highest BCUT2D eigenvalue weighted by Crippen LogP contribution is 2.25. The first-order valence-corrected chi connectivity index (χ1v) is 4.68. The molecule has 1 saturated carbocycles. The third kappa shape index (κ3) is 1.12. The van der Waals surface area contributed by atoms with Crippen molar-refractivity contribution in [1.29, 1.82) is 0 Å². The lowest BCUT2D eigenvalue weighted by Crippen LogP contribution is -2.67. The molecule has 1 aliphatic carbocycles. The molecule has 3 nitrogen and oxygen atoms in total. The molecule has 0 aromatic rings. The molecule has 0 aromatic carbocycles. The molecule has 1 amide bonds. The predicted octanol–water partition coefficient (Wildman–Crippen LogP) is 0.405. The summed E-state index contributed by atoms with van der Waals surface area (Å²) in [6, 6.07) is 0.906. The quantitative estimate of drug-likeness (QED) is 0.550. The summed E-state index contributed by atoms with van der Waals surface area (Å²) in [5, 5.41) is 6.46. The highest BCUT2D eigenvalue weighted by Gasteiger charge is 2.41. The third-order valence-electron chi connectivity index (χ3n) is 2.95. The van der Waals surface area contributed by atoms with Crippen LogP contribution in [0.4, 0.5) is 0 Å². The van der Waals surface area contributed by atoms with E-state index in [1.54, 1.807) is 0 Å². The summed E-state index contributed by atoms with van der Waals surface area (Å²) in [4.78, 5) is 11.5. The summed E-state index contributed by atoms with van der Waals surface area (Å²) in [5.74, 6) is 0.144. The largest absolute Gasteiger partial charge is 0.350 e. The highest BCUT2D eigenvalue weighted by molar-refractivity contribution is 5.86. The van der Waals surface area contributed by atoms with Gasteiger partial charge in [0.05, 0.1) is 5.54 Å². The molecule has 0 unspecified atom stereocenters. The minimum Gasteiger partial charge on any atom is -0.350 e. The number of hydrogen-bond donors (Lipinski definition) is 2. The molecule has 0 spiro atoms. The Hall–Kier alpha value is -0.570. The van der Waals surface area contributed by atoms with E-state index in [-0.39, 0.29) is 11.4 Å². The maximum Gasteiger partial charge on any atom is 0.240 e. The average molecular weight is 168 g/mol. The summed E-state index contributed by atoms with van der Waals surface area (Å²) < 4.78 is 0. The Kier molecular flexibility index (Phi) is 1.65. The molecule has 2 N–H and O–H groups in total. The van der Waals surface area contributed by atoms with Crippen LogP contribution in [0.3, 0.4) is 0 Å². The first-order chi connectivity index (χ1) is 5.59. The van der Waals surface area contributed by atoms with Crippen LogP contribution in [0.1, 0.15) is 33.1 Å². The summed E-state index contributed by atoms with van der Waals surface area (Å²) >= 11 is 0. The van der Waals surface area contributed by atoms with Gasteiger partial charge in [-0.3, -0.25) is 10.1 Å². The van der Waals surface area contributed by atoms with E-state index in [1.165, 1.54) is 12.8 Å². The van der Waals surface area contributed by atoms with Gasteiger partial charge in [-0.25, -0.2) is 0 Å². The predicted molar refractivity (Wildman–Crippen MR) is 46.8 cm³/mol. The number of amides is 1. The fraction of sp³-hybridized carbons (Fsp3) is 0.889. The van der Waals surface area contributed by atoms with E-state index in [0.717, 1.165) is 6.42 Å². The number of fused-ring (bicyclic) bond motifs is 1. The van der Waals surface area contributed by atoms with Gasteiger partial charge in [0, 0.05) is 12.1 Å². The van der Waals surface area contributed by atoms with E-state index in [2.05, 4.69) is 10.6 Å². The Morgan fingerprint density at radius 2 is 2.00 bits per heavy atom. The standard InChI is InChI=1S/C9H16N2O/c1-9(2)8(12)10-6-4-3-5-7(6)11-9/h6-7,11H,3-5H2,1-2H3,(H,10,12)/t6-,7+/m0/s1. The number of nitrogens with one attached hydrogen (secondary N) is 2. The maximum atomic E-state index is 11.5. The van der Waals surface area contributed by atoms with Crippen molar-refractivity contribution in [3.8, 4) is 0 Å². The minimum absolute atomic E-state index is 0.144. The van der Waals surface area contributed by atoms with Gasteiger partial charge in [0.2, 0.25) is 5.91 Å². The van der Waals surface area contributed by atoms with Crippen molar-refractivity contribution in [3.63, 3.8) is 0 Å². The van der Waals surface area contributed by atoms with Gasteiger partial charge >= 0.3 is 0 Å². The molecule has 1 heterocycles. The van der Waals surface area contributed by atoms with Gasteiger partial charge in [-0.15, -0.1) is 0 Å². The molecule has 0 aromatic heterocycles. The van der Waals surface area contributed by atoms with Crippen molar-refractivity contribution >= 4 is 5.91 Å². The van der Waals surface area contributed by atoms with Crippen LogP contribution < -0.4 is 10.6 Å². The molecular weight excluding hydrogens is 152 g/mol. The molecular formula is C9H16N2O. The summed E-state index contributed by atoms with van der Waals surface area (Å²) in [7, 11) is 0. The molecule has 3 heteroatoms. The van der Waals surface area contributed by atoms with Crippen molar-refractivity contribution in [2.45, 2.75) is 50.7 Å². The normalized spacial score (nSPS) is 39.0. The van der Waals surface area contributed by atoms with Gasteiger partial charge in [-0.05, 0) is 33.1 Å². The molecule has 2 fully saturated rings. The lowest BCUT2D eigenvalue weighted by molar-refractivity contribution is -0.129. The second-order valence-corrected chi connectivity index (χ2v) is 4.39. The van der Waals surface area contributed by atoms with Crippen LogP contribution >= 0.6 is 0 Å². The topological polar surface area (TPSA) is 41.1 Å². The van der Waals surface area contributed by atoms with Gasteiger partial charge < -0.3 is 5.32 Å². The number of carbonyl (C=O) groups is 1. The van der Waals surface area contributed by atoms with Crippen molar-refractivity contribution in [1.82, 2.24) is 10.6 Å². The number of rotatable bonds is 0. The second-order valence-electron chi connectivity index (χ2n) is 4.39. The number of carbonyl (C=O) groups excluding carboxylic acids is 1. The minimum atomic E-state index is -0.370. The zero-order chi connectivity index (χ0) is 8.77. The van der Waals surface area contributed by atoms with Crippen LogP contribution in [0, 0.1) is 0 Å². The summed E-state index contributed by atoms with van der Waals surface area (Å²) in [6.07, 6.45) is 3.58. The van der Waals surface area contributed by atoms with Crippen LogP contribution in [0.15, 0.2) is 0 Å². The fourth-order valence-corrected chi connectivity index (χ4v) is 2.18. The van der Waals surface area contributed by atoms with Gasteiger partial charge in [-0.1, -0.05) is 0 Å². The first-order valence-electron chi connectivity index (χ1n) is 4.68. The molecule has 68 valence electrons. The number of hydrogen-bond acceptors (Lipinski definition) is 2. The third-order valence-corrected chi connectivity index (χ3v) is 2.95. The van der Waals surface area contributed by atoms with Crippen molar-refractivity contribution < 1.29 is 4.79 Å². The van der Waals surface area contributed by atoms with E-state index in [4.69, 9.17) is 0 Å². The smallest absolute Gasteiger partial charge is 0.240 e. The molecule has 0 bridgehead atoms. The maximum absolute atomic E-state index is 11.5. The van der Waals surface area contributed by atoms with Crippen LogP contribution in [0.2, 0.25) is 0 Å². The second kappa shape index (κ2) is 2.46. The highest BCUT2D eigenvalue weighted by atomic mass is 16.2. The van der Waals surface area contributed by atoms with E-state index < -0.39 is 0 Å². The Labute approximate surface area is 72.9 Å². The lowest BCUT2D eigenvalue weighted by atomic mass is 9.96. The van der Waals surface area contributed by atoms with Crippen molar-refractivity contribution in [2.75, 3.05) is 0 Å². The Bertz CT molecular complexity index is 213. The Morgan fingerprint density at radius 1 is 1.33 bits per heavy atom. The van der Waals surface area contributed by atoms with Crippen LogP contribution in [-0.2, 0) is 4.79 Å². The average Bonchev–Trinajstić information content (AvgIpc) is 2.35. The van der Waals surface area contributed by atoms with Crippen LogP contribution in [0.5, 0.6) is 0 Å². The number of piperazine rings is 1. The van der Waals surface area contributed by atoms with Crippen LogP contribution in [-0.4, -0.2) is 23.5 Å². The van der Waals surface area contributed by atoms with Gasteiger partial charge in [0.25, 0.3) is 0 Å². The van der Waals surface area contributed by atoms with Gasteiger partial charge in [-0.2, -0.15) is 0 Å². The van der Waals surface area contributed by atoms with Crippen LogP contribution in [0.25, 0.3) is 0 Å². The van der Waals surface area contributed by atoms with Gasteiger partial charge in [0.15, 0.2) is 0 Å². The molecule has 2 atom stereocenters. The SMILES string of the molecule is CC1(C)N[C@@H]2CCC[C@@H]2NC1=O. The molecule has 2 rings (SSSR count). The van der Waals surface area contributed by atoms with E-state index in [0.29, 0.717) is 12.1 Å². The van der Waals surface area contributed by atoms with Crippen molar-refractivity contribution in [3.05, 3.63) is 0 Å². The zero-order valence-corrected chi connectivity index (χ0v) is 7.68. The molecule has 0 radical (unpaired) electrons. The molecule has 2 aliphatic rings. The summed E-state index contributed by atoms with van der Waals surface area (Å²) in [6.45, 7) is 3.88. The zero-order valence-electron chi connectivity index (χ0n) is 7.68. The Morgan fingerprint density at radius 3 is 2.75 bits per heavy atom. The molecule has 1 aliphatic heterocycles. The summed E-state index contributed by atoms with van der Waals surface area (Å²) in [5.41, 5.74) is -0.370. The van der Waals surface area contributed by atoms with Gasteiger partial charge in [0.1, 0.15) is 0 Å². The lowest BCUT2D eigenvalue weighted by Gasteiger charge is -2.38. The molecule has 1 saturated heterocycles. The van der Waals surface area contributed by atoms with E-state index in [1.807, 2.05) is 13.8 Å². The Balaban J connectivity index is 2.14. The fourth-order valence-electron chi connectivity index (χ4n) is 2.18. The van der Waals surface area contributed by atoms with E-state index >= 15 is 0 Å². The first kappa shape index (κ1) is 8.05. The monoisotopic (exact) mass is 168 g/mol. The van der Waals surface area contributed by atoms with E-state index in [9.17, 15) is 4.79 Å². The molecule has 12 heavy (non-hydrogen) atoms.